The van der Waals surface area contributed by atoms with Crippen LogP contribution in [-0.4, -0.2) is 76.7 Å². The Bertz CT molecular complexity index is 840. The first-order chi connectivity index (χ1) is 16.3. The molecular weight excluding hydrogens is 458 g/mol. The molecule has 0 aromatic heterocycles. The van der Waals surface area contributed by atoms with E-state index in [0.717, 1.165) is 18.4 Å². The van der Waals surface area contributed by atoms with Gasteiger partial charge in [0.05, 0.1) is 6.04 Å². The zero-order chi connectivity index (χ0) is 25.1. The highest BCUT2D eigenvalue weighted by molar-refractivity contribution is 7.80. The number of nitrogens with two attached hydrogens (primary N) is 2. The van der Waals surface area contributed by atoms with E-state index in [1.807, 2.05) is 30.3 Å². The molecule has 0 aliphatic carbocycles. The SMILES string of the molecule is NCCCCC(N)C(=O)N1CCCC1C(=O)NC(Cc1ccccc1)C(=O)NC(CS)C(=O)O. The molecule has 1 aromatic carbocycles. The quantitative estimate of drug-likeness (QED) is 0.161. The molecule has 4 unspecified atom stereocenters. The molecule has 3 amide bonds. The van der Waals surface area contributed by atoms with Crippen molar-refractivity contribution in [1.82, 2.24) is 15.5 Å². The van der Waals surface area contributed by atoms with E-state index in [2.05, 4.69) is 23.3 Å². The Labute approximate surface area is 205 Å². The van der Waals surface area contributed by atoms with E-state index in [0.29, 0.717) is 32.4 Å². The standard InChI is InChI=1S/C23H35N5O5S/c24-11-5-4-9-16(25)22(31)28-12-6-10-19(28)21(30)26-17(13-15-7-2-1-3-8-15)20(29)27-18(14-34)23(32)33/h1-3,7-8,16-19,34H,4-6,9-14,24-25H2,(H,26,30)(H,27,29)(H,32,33). The van der Waals surface area contributed by atoms with Crippen LogP contribution in [0.3, 0.4) is 0 Å². The molecule has 34 heavy (non-hydrogen) atoms. The second-order valence-electron chi connectivity index (χ2n) is 8.41. The number of amides is 3. The highest BCUT2D eigenvalue weighted by Gasteiger charge is 2.37. The molecule has 1 aromatic rings. The number of carboxylic acid groups (broad SMARTS) is 1. The Balaban J connectivity index is 2.12. The lowest BCUT2D eigenvalue weighted by Crippen LogP contribution is -2.57. The van der Waals surface area contributed by atoms with Crippen LogP contribution in [-0.2, 0) is 25.6 Å². The van der Waals surface area contributed by atoms with E-state index in [-0.39, 0.29) is 18.1 Å². The van der Waals surface area contributed by atoms with Gasteiger partial charge in [0, 0.05) is 18.7 Å². The highest BCUT2D eigenvalue weighted by Crippen LogP contribution is 2.20. The molecule has 1 saturated heterocycles. The van der Waals surface area contributed by atoms with Gasteiger partial charge in [0.2, 0.25) is 17.7 Å². The minimum absolute atomic E-state index is 0.0972. The summed E-state index contributed by atoms with van der Waals surface area (Å²) in [4.78, 5) is 51.8. The first kappa shape index (κ1) is 27.6. The van der Waals surface area contributed by atoms with Crippen molar-refractivity contribution in [2.75, 3.05) is 18.8 Å². The number of carbonyl (C=O) groups excluding carboxylic acids is 3. The molecule has 0 radical (unpaired) electrons. The van der Waals surface area contributed by atoms with Gasteiger partial charge in [-0.3, -0.25) is 14.4 Å². The van der Waals surface area contributed by atoms with Gasteiger partial charge in [-0.1, -0.05) is 36.8 Å². The molecule has 1 heterocycles. The monoisotopic (exact) mass is 493 g/mol. The number of aliphatic carboxylic acids is 1. The summed E-state index contributed by atoms with van der Waals surface area (Å²) in [5, 5.41) is 14.4. The predicted molar refractivity (Wildman–Crippen MR) is 131 cm³/mol. The molecule has 0 bridgehead atoms. The van der Waals surface area contributed by atoms with Crippen LogP contribution in [0, 0.1) is 0 Å². The molecule has 1 aliphatic heterocycles. The molecular formula is C23H35N5O5S. The van der Waals surface area contributed by atoms with Crippen LogP contribution in [0.4, 0.5) is 0 Å². The van der Waals surface area contributed by atoms with Gasteiger partial charge in [-0.25, -0.2) is 4.79 Å². The summed E-state index contributed by atoms with van der Waals surface area (Å²) in [5.41, 5.74) is 12.4. The summed E-state index contributed by atoms with van der Waals surface area (Å²) in [6.45, 7) is 0.939. The molecule has 4 atom stereocenters. The van der Waals surface area contributed by atoms with Crippen molar-refractivity contribution in [3.8, 4) is 0 Å². The molecule has 1 fully saturated rings. The van der Waals surface area contributed by atoms with Gasteiger partial charge in [0.15, 0.2) is 0 Å². The third-order valence-electron chi connectivity index (χ3n) is 5.84. The largest absolute Gasteiger partial charge is 0.480 e. The van der Waals surface area contributed by atoms with Gasteiger partial charge < -0.3 is 32.1 Å². The number of nitrogens with one attached hydrogen (secondary N) is 2. The van der Waals surface area contributed by atoms with Crippen LogP contribution in [0.2, 0.25) is 0 Å². The van der Waals surface area contributed by atoms with Crippen molar-refractivity contribution in [3.05, 3.63) is 35.9 Å². The number of likely N-dealkylation sites (tertiary alicyclic amines) is 1. The van der Waals surface area contributed by atoms with E-state index in [1.54, 1.807) is 0 Å². The Morgan fingerprint density at radius 2 is 1.82 bits per heavy atom. The van der Waals surface area contributed by atoms with Crippen molar-refractivity contribution in [2.24, 2.45) is 11.5 Å². The number of hydrogen-bond donors (Lipinski definition) is 6. The third kappa shape index (κ3) is 8.00. The first-order valence-corrected chi connectivity index (χ1v) is 12.2. The molecule has 188 valence electrons. The number of nitrogens with zero attached hydrogens (tertiary/aromatic N) is 1. The summed E-state index contributed by atoms with van der Waals surface area (Å²) in [6, 6.07) is 5.41. The van der Waals surface area contributed by atoms with Crippen LogP contribution < -0.4 is 22.1 Å². The van der Waals surface area contributed by atoms with E-state index in [9.17, 15) is 24.3 Å². The fourth-order valence-corrected chi connectivity index (χ4v) is 4.18. The van der Waals surface area contributed by atoms with Gasteiger partial charge >= 0.3 is 5.97 Å². The second-order valence-corrected chi connectivity index (χ2v) is 8.78. The van der Waals surface area contributed by atoms with Crippen molar-refractivity contribution >= 4 is 36.3 Å². The average Bonchev–Trinajstić information content (AvgIpc) is 3.32. The van der Waals surface area contributed by atoms with Gasteiger partial charge in [-0.2, -0.15) is 12.6 Å². The third-order valence-corrected chi connectivity index (χ3v) is 6.20. The summed E-state index contributed by atoms with van der Waals surface area (Å²) in [7, 11) is 0. The smallest absolute Gasteiger partial charge is 0.327 e. The summed E-state index contributed by atoms with van der Waals surface area (Å²) in [5.74, 6) is -2.70. The topological polar surface area (TPSA) is 168 Å². The lowest BCUT2D eigenvalue weighted by Gasteiger charge is -2.28. The summed E-state index contributed by atoms with van der Waals surface area (Å²) in [6.07, 6.45) is 3.25. The second kappa shape index (κ2) is 13.9. The number of unbranched alkanes of at least 4 members (excludes halogenated alkanes) is 1. The van der Waals surface area contributed by atoms with Crippen molar-refractivity contribution in [2.45, 2.75) is 62.7 Å². The Morgan fingerprint density at radius 3 is 2.44 bits per heavy atom. The van der Waals surface area contributed by atoms with Crippen molar-refractivity contribution in [1.29, 1.82) is 0 Å². The maximum Gasteiger partial charge on any atom is 0.327 e. The number of thiol groups is 1. The predicted octanol–water partition coefficient (Wildman–Crippen LogP) is -0.340. The van der Waals surface area contributed by atoms with Crippen LogP contribution in [0.1, 0.15) is 37.7 Å². The molecule has 7 N–H and O–H groups in total. The zero-order valence-electron chi connectivity index (χ0n) is 19.2. The van der Waals surface area contributed by atoms with Crippen LogP contribution in [0.15, 0.2) is 30.3 Å². The number of carboxylic acids is 1. The average molecular weight is 494 g/mol. The molecule has 1 aliphatic rings. The minimum Gasteiger partial charge on any atom is -0.480 e. The first-order valence-electron chi connectivity index (χ1n) is 11.5. The molecule has 11 heteroatoms. The fourth-order valence-electron chi connectivity index (χ4n) is 3.93. The van der Waals surface area contributed by atoms with Gasteiger partial charge in [-0.15, -0.1) is 0 Å². The van der Waals surface area contributed by atoms with Crippen LogP contribution in [0.5, 0.6) is 0 Å². The molecule has 0 saturated carbocycles. The summed E-state index contributed by atoms with van der Waals surface area (Å²) < 4.78 is 0. The number of rotatable bonds is 13. The number of benzene rings is 1. The lowest BCUT2D eigenvalue weighted by molar-refractivity contribution is -0.142. The Morgan fingerprint density at radius 1 is 1.12 bits per heavy atom. The van der Waals surface area contributed by atoms with E-state index < -0.39 is 42.0 Å². The maximum absolute atomic E-state index is 13.2. The Hall–Kier alpha value is -2.63. The van der Waals surface area contributed by atoms with Crippen molar-refractivity contribution < 1.29 is 24.3 Å². The zero-order valence-corrected chi connectivity index (χ0v) is 20.1. The van der Waals surface area contributed by atoms with Crippen molar-refractivity contribution in [3.63, 3.8) is 0 Å². The number of hydrogen-bond acceptors (Lipinski definition) is 7. The van der Waals surface area contributed by atoms with E-state index >= 15 is 0 Å². The van der Waals surface area contributed by atoms with E-state index in [4.69, 9.17) is 11.5 Å². The maximum atomic E-state index is 13.2. The minimum atomic E-state index is -1.22. The van der Waals surface area contributed by atoms with E-state index in [1.165, 1.54) is 4.90 Å². The fraction of sp³-hybridized carbons (Fsp3) is 0.565. The molecule has 10 nitrogen and oxygen atoms in total. The van der Waals surface area contributed by atoms with Gasteiger partial charge in [-0.05, 0) is 37.8 Å². The normalized spacial score (nSPS) is 18.1. The molecule has 2 rings (SSSR count). The molecule has 0 spiro atoms. The van der Waals surface area contributed by atoms with Gasteiger partial charge in [0.25, 0.3) is 0 Å². The van der Waals surface area contributed by atoms with Crippen LogP contribution in [0.25, 0.3) is 0 Å². The highest BCUT2D eigenvalue weighted by atomic mass is 32.1. The lowest BCUT2D eigenvalue weighted by atomic mass is 10.0. The van der Waals surface area contributed by atoms with Crippen LogP contribution >= 0.6 is 12.6 Å². The number of carbonyl (C=O) groups is 4. The Kier molecular flexibility index (Phi) is 11.3. The summed E-state index contributed by atoms with van der Waals surface area (Å²) >= 11 is 3.98. The van der Waals surface area contributed by atoms with Gasteiger partial charge in [0.1, 0.15) is 18.1 Å².